The summed E-state index contributed by atoms with van der Waals surface area (Å²) in [6.45, 7) is -2.25. The van der Waals surface area contributed by atoms with Crippen LogP contribution in [-0.2, 0) is 14.9 Å². The monoisotopic (exact) mass is 338 g/mol. The van der Waals surface area contributed by atoms with E-state index in [9.17, 15) is 39.6 Å². The van der Waals surface area contributed by atoms with Crippen molar-refractivity contribution in [2.24, 2.45) is 0 Å². The molecule has 0 saturated heterocycles. The van der Waals surface area contributed by atoms with E-state index in [2.05, 4.69) is 4.74 Å². The normalized spacial score (nSPS) is 12.3. The predicted molar refractivity (Wildman–Crippen MR) is 53.1 cm³/mol. The van der Waals surface area contributed by atoms with E-state index < -0.39 is 56.8 Å². The van der Waals surface area contributed by atoms with Crippen molar-refractivity contribution in [1.82, 2.24) is 0 Å². The number of carbonyl (C=O) groups is 1. The minimum atomic E-state index is -5.93. The van der Waals surface area contributed by atoms with E-state index in [1.807, 2.05) is 0 Å². The fraction of sp³-hybridized carbons (Fsp3) is 0.222. The molecule has 0 heterocycles. The summed E-state index contributed by atoms with van der Waals surface area (Å²) in [5.41, 5.74) is -1.57. The number of esters is 1. The number of benzene rings is 1. The van der Waals surface area contributed by atoms with E-state index in [-0.39, 0.29) is 6.07 Å². The summed E-state index contributed by atoms with van der Waals surface area (Å²) >= 11 is 0. The van der Waals surface area contributed by atoms with Crippen molar-refractivity contribution in [3.05, 3.63) is 34.9 Å². The molecule has 0 spiro atoms. The van der Waals surface area contributed by atoms with Gasteiger partial charge in [0.15, 0.2) is 29.9 Å². The van der Waals surface area contributed by atoms with Gasteiger partial charge in [0.05, 0.1) is 0 Å². The standard InChI is InChI=1S/C9H4F6O5S/c10-4-1-3(5(11)7(13)6(4)12)8(16)20-2-9(14,15)21(17,18)19/h1H,2H2,(H,17,18,19). The van der Waals surface area contributed by atoms with Crippen molar-refractivity contribution in [2.45, 2.75) is 5.25 Å². The van der Waals surface area contributed by atoms with Gasteiger partial charge >= 0.3 is 21.3 Å². The molecule has 1 rings (SSSR count). The molecule has 0 aliphatic heterocycles. The molecule has 1 N–H and O–H groups in total. The molecule has 1 aromatic rings. The van der Waals surface area contributed by atoms with Crippen LogP contribution in [0.15, 0.2) is 6.07 Å². The van der Waals surface area contributed by atoms with E-state index in [4.69, 9.17) is 4.55 Å². The minimum Gasteiger partial charge on any atom is -0.454 e. The van der Waals surface area contributed by atoms with Crippen LogP contribution in [-0.4, -0.2) is 30.8 Å². The molecule has 21 heavy (non-hydrogen) atoms. The van der Waals surface area contributed by atoms with Gasteiger partial charge in [0.2, 0.25) is 0 Å². The lowest BCUT2D eigenvalue weighted by molar-refractivity contribution is -0.00989. The van der Waals surface area contributed by atoms with Gasteiger partial charge in [-0.05, 0) is 6.07 Å². The first kappa shape index (κ1) is 17.2. The van der Waals surface area contributed by atoms with Crippen LogP contribution in [0, 0.1) is 23.3 Å². The van der Waals surface area contributed by atoms with Crippen molar-refractivity contribution in [3.63, 3.8) is 0 Å². The lowest BCUT2D eigenvalue weighted by Gasteiger charge is -2.13. The van der Waals surface area contributed by atoms with Gasteiger partial charge in [-0.15, -0.1) is 0 Å². The first-order valence-corrected chi connectivity index (χ1v) is 6.17. The Hall–Kier alpha value is -1.82. The SMILES string of the molecule is O=C(OCC(F)(F)S(=O)(=O)O)c1cc(F)c(F)c(F)c1F. The van der Waals surface area contributed by atoms with Crippen LogP contribution in [0.25, 0.3) is 0 Å². The molecule has 118 valence electrons. The molecule has 0 aliphatic carbocycles. The van der Waals surface area contributed by atoms with Gasteiger partial charge in [-0.2, -0.15) is 17.2 Å². The smallest absolute Gasteiger partial charge is 0.402 e. The fourth-order valence-electron chi connectivity index (χ4n) is 1.02. The van der Waals surface area contributed by atoms with E-state index in [0.717, 1.165) is 0 Å². The molecule has 0 aliphatic rings. The number of alkyl halides is 2. The number of rotatable bonds is 4. The average molecular weight is 338 g/mol. The summed E-state index contributed by atoms with van der Waals surface area (Å²) in [4.78, 5) is 11.1. The summed E-state index contributed by atoms with van der Waals surface area (Å²) in [7, 11) is -5.93. The number of halogens is 6. The lowest BCUT2D eigenvalue weighted by Crippen LogP contribution is -2.34. The first-order chi connectivity index (χ1) is 9.38. The Kier molecular flexibility index (Phi) is 4.53. The molecule has 0 fully saturated rings. The molecule has 0 aromatic heterocycles. The number of ether oxygens (including phenoxy) is 1. The van der Waals surface area contributed by atoms with Gasteiger partial charge in [0.1, 0.15) is 5.56 Å². The maximum Gasteiger partial charge on any atom is 0.402 e. The third-order valence-corrected chi connectivity index (χ3v) is 2.94. The average Bonchev–Trinajstić information content (AvgIpc) is 2.36. The second kappa shape index (κ2) is 5.52. The molecular weight excluding hydrogens is 334 g/mol. The lowest BCUT2D eigenvalue weighted by atomic mass is 10.2. The summed E-state index contributed by atoms with van der Waals surface area (Å²) in [5, 5.41) is -4.92. The van der Waals surface area contributed by atoms with E-state index in [1.165, 1.54) is 0 Å². The maximum atomic E-state index is 13.1. The van der Waals surface area contributed by atoms with E-state index >= 15 is 0 Å². The quantitative estimate of drug-likeness (QED) is 0.298. The Labute approximate surface area is 112 Å². The highest BCUT2D eigenvalue weighted by molar-refractivity contribution is 7.86. The zero-order valence-corrected chi connectivity index (χ0v) is 10.4. The molecular formula is C9H4F6O5S. The van der Waals surface area contributed by atoms with Crippen LogP contribution < -0.4 is 0 Å². The Balaban J connectivity index is 3.03. The zero-order chi connectivity index (χ0) is 16.6. The van der Waals surface area contributed by atoms with Crippen molar-refractivity contribution >= 4 is 16.1 Å². The summed E-state index contributed by atoms with van der Waals surface area (Å²) < 4.78 is 109. The predicted octanol–water partition coefficient (Wildman–Crippen LogP) is 1.88. The summed E-state index contributed by atoms with van der Waals surface area (Å²) in [5.74, 6) is -10.9. The second-order valence-electron chi connectivity index (χ2n) is 3.54. The largest absolute Gasteiger partial charge is 0.454 e. The highest BCUT2D eigenvalue weighted by Gasteiger charge is 2.45. The molecule has 0 atom stereocenters. The molecule has 0 radical (unpaired) electrons. The van der Waals surface area contributed by atoms with Gasteiger partial charge in [0.25, 0.3) is 0 Å². The highest BCUT2D eigenvalue weighted by Crippen LogP contribution is 2.23. The van der Waals surface area contributed by atoms with E-state index in [1.54, 1.807) is 0 Å². The highest BCUT2D eigenvalue weighted by atomic mass is 32.2. The van der Waals surface area contributed by atoms with Crippen LogP contribution in [0.1, 0.15) is 10.4 Å². The third-order valence-electron chi connectivity index (χ3n) is 2.07. The van der Waals surface area contributed by atoms with Crippen molar-refractivity contribution in [2.75, 3.05) is 6.61 Å². The van der Waals surface area contributed by atoms with Gasteiger partial charge in [-0.3, -0.25) is 4.55 Å². The Morgan fingerprint density at radius 3 is 2.14 bits per heavy atom. The van der Waals surface area contributed by atoms with Gasteiger partial charge < -0.3 is 4.74 Å². The minimum absolute atomic E-state index is 0.165. The molecule has 12 heteroatoms. The number of carbonyl (C=O) groups excluding carboxylic acids is 1. The first-order valence-electron chi connectivity index (χ1n) is 4.73. The van der Waals surface area contributed by atoms with E-state index in [0.29, 0.717) is 0 Å². The van der Waals surface area contributed by atoms with Crippen LogP contribution in [0.2, 0.25) is 0 Å². The fourth-order valence-corrected chi connectivity index (χ4v) is 1.23. The number of hydrogen-bond acceptors (Lipinski definition) is 4. The summed E-state index contributed by atoms with van der Waals surface area (Å²) in [6.07, 6.45) is 0. The van der Waals surface area contributed by atoms with Crippen molar-refractivity contribution in [3.8, 4) is 0 Å². The van der Waals surface area contributed by atoms with Crippen LogP contribution >= 0.6 is 0 Å². The molecule has 0 amide bonds. The third kappa shape index (κ3) is 3.44. The molecule has 0 saturated carbocycles. The number of hydrogen-bond donors (Lipinski definition) is 1. The molecule has 5 nitrogen and oxygen atoms in total. The summed E-state index contributed by atoms with van der Waals surface area (Å²) in [6, 6.07) is -0.165. The Bertz CT molecular complexity index is 686. The Morgan fingerprint density at radius 1 is 1.14 bits per heavy atom. The molecule has 0 unspecified atom stereocenters. The van der Waals surface area contributed by atoms with Crippen molar-refractivity contribution in [1.29, 1.82) is 0 Å². The van der Waals surface area contributed by atoms with Crippen LogP contribution in [0.4, 0.5) is 26.3 Å². The van der Waals surface area contributed by atoms with Gasteiger partial charge in [-0.25, -0.2) is 22.4 Å². The van der Waals surface area contributed by atoms with Gasteiger partial charge in [-0.1, -0.05) is 0 Å². The van der Waals surface area contributed by atoms with Crippen molar-refractivity contribution < 1.29 is 48.8 Å². The molecule has 0 bridgehead atoms. The topological polar surface area (TPSA) is 80.7 Å². The Morgan fingerprint density at radius 2 is 1.67 bits per heavy atom. The second-order valence-corrected chi connectivity index (χ2v) is 5.08. The zero-order valence-electron chi connectivity index (χ0n) is 9.54. The van der Waals surface area contributed by atoms with Crippen LogP contribution in [0.3, 0.4) is 0 Å². The maximum absolute atomic E-state index is 13.1. The van der Waals surface area contributed by atoms with Crippen LogP contribution in [0.5, 0.6) is 0 Å². The van der Waals surface area contributed by atoms with Gasteiger partial charge in [0, 0.05) is 0 Å². The molecule has 1 aromatic carbocycles.